The summed E-state index contributed by atoms with van der Waals surface area (Å²) in [4.78, 5) is 35.5. The summed E-state index contributed by atoms with van der Waals surface area (Å²) in [6.07, 6.45) is 8.54. The van der Waals surface area contributed by atoms with Gasteiger partial charge in [-0.3, -0.25) is 14.2 Å². The van der Waals surface area contributed by atoms with Gasteiger partial charge in [0.25, 0.3) is 5.56 Å². The molecule has 1 aromatic heterocycles. The van der Waals surface area contributed by atoms with Gasteiger partial charge in [0.15, 0.2) is 0 Å². The van der Waals surface area contributed by atoms with Gasteiger partial charge in [0.05, 0.1) is 5.56 Å². The van der Waals surface area contributed by atoms with Crippen LogP contribution >= 0.6 is 0 Å². The lowest BCUT2D eigenvalue weighted by Crippen LogP contribution is -2.38. The number of hydrogen-bond acceptors (Lipinski definition) is 3. The van der Waals surface area contributed by atoms with Crippen LogP contribution < -0.4 is 16.6 Å². The Bertz CT molecular complexity index is 692. The lowest BCUT2D eigenvalue weighted by atomic mass is 9.87. The van der Waals surface area contributed by atoms with Crippen molar-refractivity contribution in [1.29, 1.82) is 0 Å². The maximum atomic E-state index is 11.9. The maximum Gasteiger partial charge on any atom is 0.330 e. The molecule has 22 heavy (non-hydrogen) atoms. The van der Waals surface area contributed by atoms with Crippen molar-refractivity contribution >= 4 is 12.0 Å². The molecule has 1 aliphatic rings. The van der Waals surface area contributed by atoms with Crippen molar-refractivity contribution in [3.8, 4) is 0 Å². The van der Waals surface area contributed by atoms with E-state index >= 15 is 0 Å². The van der Waals surface area contributed by atoms with E-state index in [-0.39, 0.29) is 17.6 Å². The van der Waals surface area contributed by atoms with Crippen LogP contribution in [-0.4, -0.2) is 21.1 Å². The van der Waals surface area contributed by atoms with Crippen molar-refractivity contribution in [2.45, 2.75) is 38.6 Å². The second kappa shape index (κ2) is 6.77. The number of amides is 1. The van der Waals surface area contributed by atoms with Crippen LogP contribution in [0.15, 0.2) is 21.9 Å². The topological polar surface area (TPSA) is 73.1 Å². The van der Waals surface area contributed by atoms with Crippen LogP contribution in [0, 0.1) is 5.92 Å². The predicted octanol–water partition coefficient (Wildman–Crippen LogP) is 0.792. The number of hydrogen-bond donors (Lipinski definition) is 1. The molecule has 1 saturated carbocycles. The third-order valence-electron chi connectivity index (χ3n) is 4.25. The molecule has 0 aromatic carbocycles. The Labute approximate surface area is 129 Å². The minimum absolute atomic E-state index is 0.199. The molecule has 1 fully saturated rings. The summed E-state index contributed by atoms with van der Waals surface area (Å²) in [7, 11) is 2.99. The molecule has 0 spiro atoms. The summed E-state index contributed by atoms with van der Waals surface area (Å²) in [6, 6.07) is 0.219. The van der Waals surface area contributed by atoms with Crippen molar-refractivity contribution in [2.24, 2.45) is 20.0 Å². The standard InChI is InChI=1S/C16H23N3O3/c1-11-4-7-13(8-5-11)17-14(20)9-6-12-10-18(2)16(22)19(3)15(12)21/h6,9-11,13H,4-5,7-8H2,1-3H3,(H,17,20). The highest BCUT2D eigenvalue weighted by atomic mass is 16.2. The van der Waals surface area contributed by atoms with Crippen LogP contribution in [0.3, 0.4) is 0 Å². The molecular weight excluding hydrogens is 282 g/mol. The van der Waals surface area contributed by atoms with Crippen molar-refractivity contribution in [3.05, 3.63) is 38.7 Å². The first-order chi connectivity index (χ1) is 10.4. The molecule has 1 aliphatic carbocycles. The summed E-state index contributed by atoms with van der Waals surface area (Å²) in [5.74, 6) is 0.535. The fourth-order valence-electron chi connectivity index (χ4n) is 2.77. The Hall–Kier alpha value is -2.11. The van der Waals surface area contributed by atoms with E-state index in [0.29, 0.717) is 5.56 Å². The van der Waals surface area contributed by atoms with E-state index < -0.39 is 5.56 Å². The minimum atomic E-state index is -0.404. The zero-order chi connectivity index (χ0) is 16.3. The van der Waals surface area contributed by atoms with Gasteiger partial charge >= 0.3 is 5.69 Å². The summed E-state index contributed by atoms with van der Waals surface area (Å²) < 4.78 is 2.35. The van der Waals surface area contributed by atoms with E-state index in [9.17, 15) is 14.4 Å². The fraction of sp³-hybridized carbons (Fsp3) is 0.562. The van der Waals surface area contributed by atoms with Crippen molar-refractivity contribution in [1.82, 2.24) is 14.5 Å². The first kappa shape index (κ1) is 16.3. The molecule has 1 N–H and O–H groups in total. The van der Waals surface area contributed by atoms with Crippen LogP contribution in [0.5, 0.6) is 0 Å². The third-order valence-corrected chi connectivity index (χ3v) is 4.25. The Kier molecular flexibility index (Phi) is 5.00. The summed E-state index contributed by atoms with van der Waals surface area (Å²) in [5.41, 5.74) is -0.474. The van der Waals surface area contributed by atoms with Crippen molar-refractivity contribution in [3.63, 3.8) is 0 Å². The molecule has 0 unspecified atom stereocenters. The SMILES string of the molecule is CC1CCC(NC(=O)C=Cc2cn(C)c(=O)n(C)c2=O)CC1. The van der Waals surface area contributed by atoms with Crippen LogP contribution in [0.25, 0.3) is 6.08 Å². The Morgan fingerprint density at radius 2 is 1.86 bits per heavy atom. The lowest BCUT2D eigenvalue weighted by molar-refractivity contribution is -0.117. The van der Waals surface area contributed by atoms with Gasteiger partial charge in [-0.05, 0) is 37.7 Å². The van der Waals surface area contributed by atoms with Crippen molar-refractivity contribution in [2.75, 3.05) is 0 Å². The average Bonchev–Trinajstić information content (AvgIpc) is 2.50. The molecule has 1 amide bonds. The Balaban J connectivity index is 2.04. The monoisotopic (exact) mass is 305 g/mol. The molecule has 0 saturated heterocycles. The van der Waals surface area contributed by atoms with Crippen LogP contribution in [0.1, 0.15) is 38.2 Å². The zero-order valence-corrected chi connectivity index (χ0v) is 13.3. The van der Waals surface area contributed by atoms with E-state index in [1.165, 1.54) is 30.0 Å². The van der Waals surface area contributed by atoms with Gasteiger partial charge in [0.2, 0.25) is 5.91 Å². The minimum Gasteiger partial charge on any atom is -0.350 e. The number of aromatic nitrogens is 2. The smallest absolute Gasteiger partial charge is 0.330 e. The summed E-state index contributed by atoms with van der Waals surface area (Å²) in [6.45, 7) is 2.23. The quantitative estimate of drug-likeness (QED) is 0.839. The highest BCUT2D eigenvalue weighted by Crippen LogP contribution is 2.23. The normalized spacial score (nSPS) is 22.0. The molecular formula is C16H23N3O3. The molecule has 0 atom stereocenters. The molecule has 6 nitrogen and oxygen atoms in total. The summed E-state index contributed by atoms with van der Waals surface area (Å²) in [5, 5.41) is 2.97. The molecule has 0 aliphatic heterocycles. The van der Waals surface area contributed by atoms with Gasteiger partial charge < -0.3 is 9.88 Å². The zero-order valence-electron chi connectivity index (χ0n) is 13.3. The molecule has 6 heteroatoms. The van der Waals surface area contributed by atoms with Crippen molar-refractivity contribution < 1.29 is 4.79 Å². The number of nitrogens with zero attached hydrogens (tertiary/aromatic N) is 2. The highest BCUT2D eigenvalue weighted by molar-refractivity contribution is 5.91. The number of carbonyl (C=O) groups excluding carboxylic acids is 1. The van der Waals surface area contributed by atoms with Crippen LogP contribution in [-0.2, 0) is 18.9 Å². The van der Waals surface area contributed by atoms with E-state index in [0.717, 1.165) is 36.2 Å². The van der Waals surface area contributed by atoms with Gasteiger partial charge in [-0.25, -0.2) is 4.79 Å². The van der Waals surface area contributed by atoms with E-state index in [4.69, 9.17) is 0 Å². The Morgan fingerprint density at radius 3 is 2.50 bits per heavy atom. The predicted molar refractivity (Wildman–Crippen MR) is 85.5 cm³/mol. The number of aryl methyl sites for hydroxylation is 1. The second-order valence-electron chi connectivity index (χ2n) is 6.14. The van der Waals surface area contributed by atoms with Gasteiger partial charge in [0.1, 0.15) is 0 Å². The first-order valence-electron chi connectivity index (χ1n) is 7.63. The lowest BCUT2D eigenvalue weighted by Gasteiger charge is -2.26. The molecule has 1 heterocycles. The second-order valence-corrected chi connectivity index (χ2v) is 6.14. The molecule has 0 radical (unpaired) electrons. The molecule has 1 aromatic rings. The fourth-order valence-corrected chi connectivity index (χ4v) is 2.77. The average molecular weight is 305 g/mol. The number of rotatable bonds is 3. The first-order valence-corrected chi connectivity index (χ1v) is 7.63. The third kappa shape index (κ3) is 3.75. The van der Waals surface area contributed by atoms with Gasteiger partial charge in [0, 0.05) is 32.4 Å². The van der Waals surface area contributed by atoms with E-state index in [2.05, 4.69) is 12.2 Å². The van der Waals surface area contributed by atoms with Gasteiger partial charge in [-0.2, -0.15) is 0 Å². The van der Waals surface area contributed by atoms with E-state index in [1.807, 2.05) is 0 Å². The molecule has 120 valence electrons. The summed E-state index contributed by atoms with van der Waals surface area (Å²) >= 11 is 0. The van der Waals surface area contributed by atoms with Crippen LogP contribution in [0.4, 0.5) is 0 Å². The number of nitrogens with one attached hydrogen (secondary N) is 1. The van der Waals surface area contributed by atoms with Crippen LogP contribution in [0.2, 0.25) is 0 Å². The largest absolute Gasteiger partial charge is 0.350 e. The number of carbonyl (C=O) groups is 1. The van der Waals surface area contributed by atoms with Gasteiger partial charge in [-0.1, -0.05) is 6.92 Å². The molecule has 0 bridgehead atoms. The Morgan fingerprint density at radius 1 is 1.23 bits per heavy atom. The van der Waals surface area contributed by atoms with E-state index in [1.54, 1.807) is 7.05 Å². The maximum absolute atomic E-state index is 11.9. The highest BCUT2D eigenvalue weighted by Gasteiger charge is 2.18. The van der Waals surface area contributed by atoms with Gasteiger partial charge in [-0.15, -0.1) is 0 Å². The molecule has 2 rings (SSSR count).